The molecule has 2 heterocycles. The molecule has 0 aromatic carbocycles. The molecule has 2 aromatic rings. The van der Waals surface area contributed by atoms with Crippen LogP contribution in [0.3, 0.4) is 0 Å². The molecule has 0 saturated carbocycles. The third-order valence-corrected chi connectivity index (χ3v) is 5.33. The molecule has 5 nitrogen and oxygen atoms in total. The lowest BCUT2D eigenvalue weighted by Crippen LogP contribution is -2.25. The van der Waals surface area contributed by atoms with E-state index < -0.39 is 10.0 Å². The van der Waals surface area contributed by atoms with Gasteiger partial charge < -0.3 is 0 Å². The highest BCUT2D eigenvalue weighted by atomic mass is 32.2. The van der Waals surface area contributed by atoms with Crippen LogP contribution in [-0.2, 0) is 16.4 Å². The minimum atomic E-state index is -3.52. The van der Waals surface area contributed by atoms with Gasteiger partial charge in [-0.05, 0) is 30.2 Å². The molecule has 0 spiro atoms. The summed E-state index contributed by atoms with van der Waals surface area (Å²) in [5.41, 5.74) is 0.967. The van der Waals surface area contributed by atoms with Crippen molar-refractivity contribution >= 4 is 21.4 Å². The highest BCUT2D eigenvalue weighted by Gasteiger charge is 2.16. The first kappa shape index (κ1) is 13.7. The first-order valence-electron chi connectivity index (χ1n) is 5.50. The van der Waals surface area contributed by atoms with Gasteiger partial charge in [-0.1, -0.05) is 6.07 Å². The Morgan fingerprint density at radius 3 is 2.84 bits per heavy atom. The van der Waals surface area contributed by atoms with Crippen LogP contribution in [0.4, 0.5) is 0 Å². The molecule has 0 bridgehead atoms. The van der Waals surface area contributed by atoms with Crippen molar-refractivity contribution in [3.8, 4) is 6.07 Å². The van der Waals surface area contributed by atoms with Crippen LogP contribution < -0.4 is 4.72 Å². The minimum absolute atomic E-state index is 0.162. The van der Waals surface area contributed by atoms with Gasteiger partial charge in [0, 0.05) is 18.9 Å². The summed E-state index contributed by atoms with van der Waals surface area (Å²) in [5.74, 6) is 0. The van der Waals surface area contributed by atoms with Crippen LogP contribution in [0, 0.1) is 11.3 Å². The Hall–Kier alpha value is -1.75. The van der Waals surface area contributed by atoms with Crippen molar-refractivity contribution in [1.82, 2.24) is 9.71 Å². The van der Waals surface area contributed by atoms with Gasteiger partial charge >= 0.3 is 0 Å². The van der Waals surface area contributed by atoms with Gasteiger partial charge in [0.15, 0.2) is 0 Å². The second-order valence-electron chi connectivity index (χ2n) is 3.74. The molecule has 1 N–H and O–H groups in total. The predicted octanol–water partition coefficient (Wildman–Crippen LogP) is 1.54. The second-order valence-corrected chi connectivity index (χ2v) is 6.82. The molecule has 0 aliphatic carbocycles. The first-order chi connectivity index (χ1) is 9.12. The molecule has 0 fully saturated rings. The zero-order valence-corrected chi connectivity index (χ0v) is 11.5. The number of pyridine rings is 1. The van der Waals surface area contributed by atoms with E-state index in [2.05, 4.69) is 9.71 Å². The van der Waals surface area contributed by atoms with E-state index in [1.807, 2.05) is 18.2 Å². The molecule has 2 aromatic heterocycles. The number of sulfonamides is 1. The highest BCUT2D eigenvalue weighted by molar-refractivity contribution is 7.91. The molecule has 0 amide bonds. The Balaban J connectivity index is 1.97. The van der Waals surface area contributed by atoms with E-state index in [4.69, 9.17) is 5.26 Å². The molecule has 0 atom stereocenters. The van der Waals surface area contributed by atoms with Crippen LogP contribution in [-0.4, -0.2) is 19.9 Å². The predicted molar refractivity (Wildman–Crippen MR) is 72.2 cm³/mol. The smallest absolute Gasteiger partial charge is 0.250 e. The van der Waals surface area contributed by atoms with Gasteiger partial charge in [0.2, 0.25) is 10.0 Å². The average Bonchev–Trinajstić information content (AvgIpc) is 2.89. The molecule has 0 aliphatic heterocycles. The highest BCUT2D eigenvalue weighted by Crippen LogP contribution is 2.20. The number of hydrogen-bond acceptors (Lipinski definition) is 5. The number of rotatable bonds is 5. The summed E-state index contributed by atoms with van der Waals surface area (Å²) in [5, 5.41) is 8.68. The normalized spacial score (nSPS) is 11.1. The van der Waals surface area contributed by atoms with Gasteiger partial charge in [0.1, 0.15) is 15.2 Å². The lowest BCUT2D eigenvalue weighted by molar-refractivity contribution is 0.583. The van der Waals surface area contributed by atoms with Gasteiger partial charge in [0.05, 0.1) is 0 Å². The van der Waals surface area contributed by atoms with Crippen molar-refractivity contribution in [2.45, 2.75) is 10.6 Å². The van der Waals surface area contributed by atoms with E-state index in [0.29, 0.717) is 17.8 Å². The summed E-state index contributed by atoms with van der Waals surface area (Å²) in [7, 11) is -3.52. The van der Waals surface area contributed by atoms with Crippen LogP contribution in [0.1, 0.15) is 10.4 Å². The molecular formula is C12H11N3O2S2. The van der Waals surface area contributed by atoms with Crippen molar-refractivity contribution in [3.05, 3.63) is 47.1 Å². The maximum Gasteiger partial charge on any atom is 0.250 e. The quantitative estimate of drug-likeness (QED) is 0.906. The molecule has 0 saturated heterocycles. The monoisotopic (exact) mass is 293 g/mol. The molecule has 19 heavy (non-hydrogen) atoms. The summed E-state index contributed by atoms with van der Waals surface area (Å²) < 4.78 is 26.5. The second kappa shape index (κ2) is 5.93. The van der Waals surface area contributed by atoms with Crippen LogP contribution >= 0.6 is 11.3 Å². The fourth-order valence-electron chi connectivity index (χ4n) is 1.47. The van der Waals surface area contributed by atoms with Crippen LogP contribution in [0.25, 0.3) is 0 Å². The van der Waals surface area contributed by atoms with Crippen molar-refractivity contribution < 1.29 is 8.42 Å². The average molecular weight is 293 g/mol. The molecule has 0 aliphatic rings. The Morgan fingerprint density at radius 1 is 1.37 bits per heavy atom. The summed E-state index contributed by atoms with van der Waals surface area (Å²) in [6, 6.07) is 8.56. The molecule has 0 unspecified atom stereocenters. The summed E-state index contributed by atoms with van der Waals surface area (Å²) in [6.07, 6.45) is 3.94. The molecular weight excluding hydrogens is 282 g/mol. The Labute approximate surface area is 115 Å². The van der Waals surface area contributed by atoms with Crippen LogP contribution in [0.2, 0.25) is 0 Å². The third-order valence-electron chi connectivity index (χ3n) is 2.38. The fraction of sp³-hybridized carbons (Fsp3) is 0.167. The van der Waals surface area contributed by atoms with Gasteiger partial charge in [0.25, 0.3) is 0 Å². The molecule has 7 heteroatoms. The number of nitriles is 1. The number of thiophene rings is 1. The van der Waals surface area contributed by atoms with Crippen LogP contribution in [0.5, 0.6) is 0 Å². The molecule has 0 radical (unpaired) electrons. The van der Waals surface area contributed by atoms with Crippen LogP contribution in [0.15, 0.2) is 40.9 Å². The topological polar surface area (TPSA) is 82.8 Å². The lowest BCUT2D eigenvalue weighted by Gasteiger charge is -2.04. The largest absolute Gasteiger partial charge is 0.264 e. The van der Waals surface area contributed by atoms with E-state index in [1.165, 1.54) is 12.1 Å². The minimum Gasteiger partial charge on any atom is -0.264 e. The van der Waals surface area contributed by atoms with Crippen molar-refractivity contribution in [2.24, 2.45) is 0 Å². The van der Waals surface area contributed by atoms with Crippen molar-refractivity contribution in [1.29, 1.82) is 5.26 Å². The Kier molecular flexibility index (Phi) is 4.27. The van der Waals surface area contributed by atoms with Gasteiger partial charge in [-0.3, -0.25) is 4.98 Å². The first-order valence-corrected chi connectivity index (χ1v) is 7.80. The third kappa shape index (κ3) is 3.61. The number of nitrogens with zero attached hydrogens (tertiary/aromatic N) is 2. The van der Waals surface area contributed by atoms with Crippen molar-refractivity contribution in [3.63, 3.8) is 0 Å². The van der Waals surface area contributed by atoms with Gasteiger partial charge in [-0.15, -0.1) is 11.3 Å². The Bertz CT molecular complexity index is 687. The van der Waals surface area contributed by atoms with E-state index in [1.54, 1.807) is 12.4 Å². The standard InChI is InChI=1S/C12H11N3O2S2/c13-8-11-3-4-12(18-11)19(16,17)15-7-5-10-2-1-6-14-9-10/h1-4,6,9,15H,5,7H2. The van der Waals surface area contributed by atoms with E-state index in [-0.39, 0.29) is 4.21 Å². The molecule has 2 rings (SSSR count). The fourth-order valence-corrected chi connectivity index (χ4v) is 3.65. The summed E-state index contributed by atoms with van der Waals surface area (Å²) in [4.78, 5) is 4.34. The maximum atomic E-state index is 11.9. The zero-order valence-electron chi connectivity index (χ0n) is 9.91. The number of nitrogens with one attached hydrogen (secondary N) is 1. The lowest BCUT2D eigenvalue weighted by atomic mass is 10.2. The van der Waals surface area contributed by atoms with E-state index >= 15 is 0 Å². The van der Waals surface area contributed by atoms with Gasteiger partial charge in [-0.2, -0.15) is 5.26 Å². The van der Waals surface area contributed by atoms with Crippen molar-refractivity contribution in [2.75, 3.05) is 6.54 Å². The zero-order chi connectivity index (χ0) is 13.7. The number of aromatic nitrogens is 1. The SMILES string of the molecule is N#Cc1ccc(S(=O)(=O)NCCc2cccnc2)s1. The summed E-state index contributed by atoms with van der Waals surface area (Å²) >= 11 is 0.962. The number of hydrogen-bond donors (Lipinski definition) is 1. The van der Waals surface area contributed by atoms with Gasteiger partial charge in [-0.25, -0.2) is 13.1 Å². The summed E-state index contributed by atoms with van der Waals surface area (Å²) in [6.45, 7) is 0.299. The molecule has 98 valence electrons. The Morgan fingerprint density at radius 2 is 2.21 bits per heavy atom. The maximum absolute atomic E-state index is 11.9. The van der Waals surface area contributed by atoms with E-state index in [9.17, 15) is 8.42 Å². The van der Waals surface area contributed by atoms with E-state index in [0.717, 1.165) is 16.9 Å².